The molecule has 0 radical (unpaired) electrons. The minimum absolute atomic E-state index is 0.0693. The van der Waals surface area contributed by atoms with Gasteiger partial charge in [0, 0.05) is 11.5 Å². The smallest absolute Gasteiger partial charge is 0.325 e. The number of likely N-dealkylation sites (N-methyl/N-ethyl adjacent to an activating group) is 1. The molecule has 1 amide bonds. The maximum Gasteiger partial charge on any atom is 0.325 e. The minimum Gasteiger partial charge on any atom is -0.507 e. The molecule has 4 rings (SSSR count). The summed E-state index contributed by atoms with van der Waals surface area (Å²) in [6, 6.07) is -1.32. The molecule has 3 aliphatic rings. The quantitative estimate of drug-likeness (QED) is 0.297. The van der Waals surface area contributed by atoms with Gasteiger partial charge in [-0.3, -0.25) is 33.7 Å². The van der Waals surface area contributed by atoms with Crippen LogP contribution in [-0.2, 0) is 35.8 Å². The molecule has 1 aromatic rings. The molecule has 0 heterocycles. The van der Waals surface area contributed by atoms with Crippen molar-refractivity contribution < 1.29 is 44.1 Å². The first-order valence-electron chi connectivity index (χ1n) is 12.6. The fourth-order valence-corrected chi connectivity index (χ4v) is 6.68. The van der Waals surface area contributed by atoms with Crippen molar-refractivity contribution in [3.8, 4) is 5.75 Å². The average Bonchev–Trinajstić information content (AvgIpc) is 2.79. The molecule has 0 bridgehead atoms. The van der Waals surface area contributed by atoms with Crippen molar-refractivity contribution in [2.75, 3.05) is 14.1 Å². The number of aromatic hydroxyl groups is 1. The summed E-state index contributed by atoms with van der Waals surface area (Å²) in [6.07, 6.45) is -0.215. The zero-order chi connectivity index (χ0) is 29.5. The molecule has 0 saturated heterocycles. The number of carboxylic acids is 1. The van der Waals surface area contributed by atoms with Crippen molar-refractivity contribution in [2.45, 2.75) is 56.7 Å². The van der Waals surface area contributed by atoms with Gasteiger partial charge >= 0.3 is 5.97 Å². The molecule has 7 atom stereocenters. The zero-order valence-corrected chi connectivity index (χ0v) is 22.3. The number of primary amides is 1. The number of nitrogens with two attached hydrogens (primary N) is 2. The van der Waals surface area contributed by atoms with Gasteiger partial charge in [0.25, 0.3) is 0 Å². The Labute approximate surface area is 224 Å². The predicted molar refractivity (Wildman–Crippen MR) is 135 cm³/mol. The highest BCUT2D eigenvalue weighted by Crippen LogP contribution is 2.52. The highest BCUT2D eigenvalue weighted by Gasteiger charge is 2.69. The van der Waals surface area contributed by atoms with E-state index in [2.05, 4.69) is 0 Å². The monoisotopic (exact) mass is 543 g/mol. The number of fused-ring (bicyclic) bond motifs is 3. The molecule has 12 heteroatoms. The number of carboxylic acid groups (broad SMARTS) is 1. The van der Waals surface area contributed by atoms with Crippen LogP contribution in [0, 0.1) is 23.7 Å². The van der Waals surface area contributed by atoms with Gasteiger partial charge in [0.1, 0.15) is 11.8 Å². The number of aliphatic hydroxyl groups is 1. The summed E-state index contributed by atoms with van der Waals surface area (Å²) in [4.78, 5) is 79.8. The summed E-state index contributed by atoms with van der Waals surface area (Å²) in [6.45, 7) is 5.22. The summed E-state index contributed by atoms with van der Waals surface area (Å²) in [5, 5.41) is 32.5. The molecule has 0 spiro atoms. The van der Waals surface area contributed by atoms with Crippen LogP contribution >= 0.6 is 0 Å². The van der Waals surface area contributed by atoms with Gasteiger partial charge in [-0.2, -0.15) is 0 Å². The Morgan fingerprint density at radius 1 is 1.13 bits per heavy atom. The van der Waals surface area contributed by atoms with Crippen LogP contribution in [0.25, 0.3) is 0 Å². The lowest BCUT2D eigenvalue weighted by molar-refractivity contribution is -0.181. The normalized spacial score (nSPS) is 31.4. The number of Topliss-reactive ketones (excluding diaryl/α,β-unsaturated/α-hetero) is 4. The number of benzene rings is 1. The Bertz CT molecular complexity index is 1340. The van der Waals surface area contributed by atoms with Crippen molar-refractivity contribution in [3.63, 3.8) is 0 Å². The van der Waals surface area contributed by atoms with Crippen LogP contribution in [0.2, 0.25) is 0 Å². The number of carbonyl (C=O) groups excluding carboxylic acids is 5. The van der Waals surface area contributed by atoms with Crippen molar-refractivity contribution in [1.82, 2.24) is 4.90 Å². The fourth-order valence-electron chi connectivity index (χ4n) is 6.68. The number of nitrogens with zero attached hydrogens (tertiary/aromatic N) is 1. The second-order valence-corrected chi connectivity index (χ2v) is 12.1. The molecule has 210 valence electrons. The maximum absolute atomic E-state index is 14.0. The lowest BCUT2D eigenvalue weighted by Crippen LogP contribution is -2.74. The number of aliphatic carboxylic acids is 1. The lowest BCUT2D eigenvalue weighted by Gasteiger charge is -2.52. The first kappa shape index (κ1) is 28.5. The van der Waals surface area contributed by atoms with Crippen LogP contribution in [0.4, 0.5) is 0 Å². The van der Waals surface area contributed by atoms with Crippen molar-refractivity contribution >= 4 is 35.0 Å². The minimum atomic E-state index is -2.84. The first-order valence-corrected chi connectivity index (χ1v) is 12.6. The molecule has 0 aromatic heterocycles. The van der Waals surface area contributed by atoms with Crippen LogP contribution in [0.1, 0.15) is 60.3 Å². The molecule has 0 aliphatic heterocycles. The molecule has 7 N–H and O–H groups in total. The van der Waals surface area contributed by atoms with E-state index in [0.717, 1.165) is 0 Å². The first-order chi connectivity index (χ1) is 17.9. The Kier molecular flexibility index (Phi) is 6.61. The van der Waals surface area contributed by atoms with Gasteiger partial charge in [0.2, 0.25) is 5.91 Å². The van der Waals surface area contributed by atoms with Crippen LogP contribution < -0.4 is 11.5 Å². The van der Waals surface area contributed by atoms with Crippen LogP contribution in [-0.4, -0.2) is 81.0 Å². The zero-order valence-electron chi connectivity index (χ0n) is 22.3. The number of hydrogen-bond donors (Lipinski definition) is 5. The summed E-state index contributed by atoms with van der Waals surface area (Å²) in [5.74, 6) is -13.1. The van der Waals surface area contributed by atoms with Gasteiger partial charge in [-0.25, -0.2) is 0 Å². The number of ketones is 4. The number of rotatable bonds is 4. The van der Waals surface area contributed by atoms with E-state index in [1.165, 1.54) is 25.1 Å². The summed E-state index contributed by atoms with van der Waals surface area (Å²) < 4.78 is 0. The molecule has 12 nitrogen and oxygen atoms in total. The Morgan fingerprint density at radius 3 is 2.21 bits per heavy atom. The predicted octanol–water partition coefficient (Wildman–Crippen LogP) is -0.751. The van der Waals surface area contributed by atoms with Crippen molar-refractivity contribution in [2.24, 2.45) is 35.1 Å². The maximum atomic E-state index is 14.0. The van der Waals surface area contributed by atoms with Gasteiger partial charge < -0.3 is 26.8 Å². The third-order valence-corrected chi connectivity index (χ3v) is 8.50. The van der Waals surface area contributed by atoms with Gasteiger partial charge in [-0.05, 0) is 55.5 Å². The SMILES string of the molecule is CN(C)C1C(=O)C(C(N)=O)C(=O)C2(O)C(=O)C3C(=O)c4c(O)c(C(C)(C)C)cc(C(N)C(=O)O)c4CC3CC12. The Hall–Kier alpha value is -3.48. The highest BCUT2D eigenvalue weighted by molar-refractivity contribution is 6.32. The third-order valence-electron chi connectivity index (χ3n) is 8.50. The van der Waals surface area contributed by atoms with Gasteiger partial charge in [0.05, 0.1) is 17.5 Å². The van der Waals surface area contributed by atoms with E-state index in [4.69, 9.17) is 11.5 Å². The third kappa shape index (κ3) is 3.92. The second kappa shape index (κ2) is 9.04. The van der Waals surface area contributed by atoms with E-state index >= 15 is 0 Å². The van der Waals surface area contributed by atoms with Crippen molar-refractivity contribution in [3.05, 3.63) is 28.3 Å². The van der Waals surface area contributed by atoms with Crippen LogP contribution in [0.15, 0.2) is 6.07 Å². The van der Waals surface area contributed by atoms with E-state index in [0.29, 0.717) is 0 Å². The number of carbonyl (C=O) groups is 6. The summed E-state index contributed by atoms with van der Waals surface area (Å²) in [7, 11) is 2.98. The summed E-state index contributed by atoms with van der Waals surface area (Å²) in [5.41, 5.74) is 7.96. The molecule has 1 aromatic carbocycles. The number of hydrogen-bond acceptors (Lipinski definition) is 10. The van der Waals surface area contributed by atoms with Gasteiger partial charge in [-0.1, -0.05) is 20.8 Å². The highest BCUT2D eigenvalue weighted by atomic mass is 16.4. The van der Waals surface area contributed by atoms with Crippen molar-refractivity contribution in [1.29, 1.82) is 0 Å². The van der Waals surface area contributed by atoms with E-state index in [-0.39, 0.29) is 35.1 Å². The molecule has 2 saturated carbocycles. The fraction of sp³-hybridized carbons (Fsp3) is 0.556. The number of phenolic OH excluding ortho intramolecular Hbond substituents is 1. The molecular formula is C27H33N3O9. The van der Waals surface area contributed by atoms with Gasteiger partial charge in [-0.15, -0.1) is 0 Å². The number of phenols is 1. The van der Waals surface area contributed by atoms with E-state index < -0.39 is 87.5 Å². The summed E-state index contributed by atoms with van der Waals surface area (Å²) >= 11 is 0. The van der Waals surface area contributed by atoms with E-state index in [1.54, 1.807) is 20.8 Å². The van der Waals surface area contributed by atoms with Crippen LogP contribution in [0.3, 0.4) is 0 Å². The molecule has 2 fully saturated rings. The van der Waals surface area contributed by atoms with E-state index in [9.17, 15) is 44.1 Å². The topological polar surface area (TPSA) is 218 Å². The van der Waals surface area contributed by atoms with Crippen LogP contribution in [0.5, 0.6) is 5.75 Å². The molecule has 39 heavy (non-hydrogen) atoms. The van der Waals surface area contributed by atoms with Gasteiger partial charge in [0.15, 0.2) is 34.7 Å². The molecule has 7 unspecified atom stereocenters. The van der Waals surface area contributed by atoms with E-state index in [1.807, 2.05) is 0 Å². The Morgan fingerprint density at radius 2 is 1.72 bits per heavy atom. The molecule has 3 aliphatic carbocycles. The largest absolute Gasteiger partial charge is 0.507 e. The Balaban J connectivity index is 1.95. The standard InChI is InChI=1S/C27H33N3O9/c1-26(2,3)13-8-11(17(28)25(37)38)10-6-9-7-12-18(30(4)5)21(33)16(24(29)36)23(35)27(12,39)22(34)14(9)20(32)15(10)19(13)31/h8-9,12,14,16-18,31,39H,6-7,28H2,1-5H3,(H2,29,36)(H,37,38). The average molecular weight is 544 g/mol. The second-order valence-electron chi connectivity index (χ2n) is 12.1. The number of amides is 1. The lowest BCUT2D eigenvalue weighted by atomic mass is 9.52. The molecular weight excluding hydrogens is 510 g/mol.